The molecule has 0 aromatic heterocycles. The molecule has 7 nitrogen and oxygen atoms in total. The molecule has 20 heavy (non-hydrogen) atoms. The third-order valence-corrected chi connectivity index (χ3v) is 2.52. The fraction of sp³-hybridized carbons (Fsp3) is 0.250. The van der Waals surface area contributed by atoms with E-state index in [9.17, 15) is 18.8 Å². The number of hydrogen-bond acceptors (Lipinski definition) is 3. The predicted octanol–water partition coefficient (Wildman–Crippen LogP) is 0.300. The van der Waals surface area contributed by atoms with Crippen LogP contribution in [0, 0.1) is 5.82 Å². The summed E-state index contributed by atoms with van der Waals surface area (Å²) < 4.78 is 13.5. The number of anilines is 1. The highest BCUT2D eigenvalue weighted by molar-refractivity contribution is 5.95. The molecular formula is C12H14FN3O4. The first-order valence-electron chi connectivity index (χ1n) is 5.62. The van der Waals surface area contributed by atoms with E-state index < -0.39 is 36.2 Å². The zero-order valence-electron chi connectivity index (χ0n) is 10.7. The molecule has 0 saturated heterocycles. The van der Waals surface area contributed by atoms with Gasteiger partial charge < -0.3 is 16.2 Å². The Kier molecular flexibility index (Phi) is 5.01. The maximum Gasteiger partial charge on any atom is 0.326 e. The number of para-hydroxylation sites is 1. The first-order valence-corrected chi connectivity index (χ1v) is 5.62. The van der Waals surface area contributed by atoms with Crippen molar-refractivity contribution in [3.05, 3.63) is 30.1 Å². The van der Waals surface area contributed by atoms with Crippen molar-refractivity contribution in [2.75, 3.05) is 11.9 Å². The number of aliphatic carboxylic acids is 1. The van der Waals surface area contributed by atoms with Crippen molar-refractivity contribution in [1.29, 1.82) is 0 Å². The van der Waals surface area contributed by atoms with Crippen LogP contribution < -0.4 is 16.0 Å². The van der Waals surface area contributed by atoms with E-state index in [0.29, 0.717) is 0 Å². The molecule has 0 fully saturated rings. The van der Waals surface area contributed by atoms with Gasteiger partial charge in [0.2, 0.25) is 5.91 Å². The second-order valence-corrected chi connectivity index (χ2v) is 4.02. The normalized spacial score (nSPS) is 11.5. The maximum atomic E-state index is 13.5. The van der Waals surface area contributed by atoms with Gasteiger partial charge in [0.25, 0.3) is 0 Å². The largest absolute Gasteiger partial charge is 0.480 e. The lowest BCUT2D eigenvalue weighted by Gasteiger charge is -2.21. The Labute approximate surface area is 114 Å². The zero-order chi connectivity index (χ0) is 15.3. The summed E-state index contributed by atoms with van der Waals surface area (Å²) in [6.07, 6.45) is -0.549. The van der Waals surface area contributed by atoms with Crippen molar-refractivity contribution in [3.8, 4) is 0 Å². The third-order valence-electron chi connectivity index (χ3n) is 2.52. The average molecular weight is 283 g/mol. The Morgan fingerprint density at radius 1 is 1.40 bits per heavy atom. The van der Waals surface area contributed by atoms with Crippen LogP contribution in [0.1, 0.15) is 6.42 Å². The number of benzene rings is 1. The molecule has 1 atom stereocenters. The first-order chi connectivity index (χ1) is 9.32. The minimum Gasteiger partial charge on any atom is -0.480 e. The summed E-state index contributed by atoms with van der Waals surface area (Å²) in [5, 5.41) is 11.0. The SMILES string of the molecule is CN(C(=O)N[C@H](CC(N)=O)C(=O)O)c1ccccc1F. The van der Waals surface area contributed by atoms with E-state index in [-0.39, 0.29) is 5.69 Å². The van der Waals surface area contributed by atoms with Crippen LogP contribution in [-0.2, 0) is 9.59 Å². The average Bonchev–Trinajstić information content (AvgIpc) is 2.37. The Hall–Kier alpha value is -2.64. The van der Waals surface area contributed by atoms with Crippen molar-refractivity contribution in [2.24, 2.45) is 5.73 Å². The smallest absolute Gasteiger partial charge is 0.326 e. The number of rotatable bonds is 5. The molecule has 1 rings (SSSR count). The van der Waals surface area contributed by atoms with Gasteiger partial charge in [0.1, 0.15) is 11.9 Å². The number of carboxylic acids is 1. The van der Waals surface area contributed by atoms with Gasteiger partial charge in [-0.1, -0.05) is 12.1 Å². The highest BCUT2D eigenvalue weighted by atomic mass is 19.1. The fourth-order valence-electron chi connectivity index (χ4n) is 1.48. The van der Waals surface area contributed by atoms with Crippen LogP contribution in [0.2, 0.25) is 0 Å². The molecule has 0 heterocycles. The molecule has 3 amide bonds. The molecule has 0 aliphatic rings. The van der Waals surface area contributed by atoms with Crippen molar-refractivity contribution in [1.82, 2.24) is 5.32 Å². The molecule has 8 heteroatoms. The van der Waals surface area contributed by atoms with E-state index >= 15 is 0 Å². The van der Waals surface area contributed by atoms with Gasteiger partial charge in [-0.05, 0) is 12.1 Å². The molecular weight excluding hydrogens is 269 g/mol. The second kappa shape index (κ2) is 6.50. The van der Waals surface area contributed by atoms with Crippen LogP contribution in [0.4, 0.5) is 14.9 Å². The Morgan fingerprint density at radius 2 is 2.00 bits per heavy atom. The summed E-state index contributed by atoms with van der Waals surface area (Å²) in [6.45, 7) is 0. The number of urea groups is 1. The van der Waals surface area contributed by atoms with Gasteiger partial charge in [0.05, 0.1) is 12.1 Å². The molecule has 1 aromatic rings. The third kappa shape index (κ3) is 3.94. The van der Waals surface area contributed by atoms with Gasteiger partial charge in [0, 0.05) is 7.05 Å². The van der Waals surface area contributed by atoms with E-state index in [0.717, 1.165) is 11.0 Å². The van der Waals surface area contributed by atoms with Gasteiger partial charge in [-0.25, -0.2) is 14.0 Å². The molecule has 0 aliphatic carbocycles. The molecule has 0 saturated carbocycles. The summed E-state index contributed by atoms with van der Waals surface area (Å²) in [5.41, 5.74) is 4.87. The summed E-state index contributed by atoms with van der Waals surface area (Å²) in [6, 6.07) is 3.19. The minimum absolute atomic E-state index is 0.0202. The lowest BCUT2D eigenvalue weighted by molar-refractivity contribution is -0.140. The summed E-state index contributed by atoms with van der Waals surface area (Å²) in [7, 11) is 1.27. The lowest BCUT2D eigenvalue weighted by Crippen LogP contribution is -2.48. The number of carbonyl (C=O) groups is 3. The number of carboxylic acid groups (broad SMARTS) is 1. The van der Waals surface area contributed by atoms with Gasteiger partial charge in [-0.2, -0.15) is 0 Å². The van der Waals surface area contributed by atoms with Crippen LogP contribution in [-0.4, -0.2) is 36.1 Å². The molecule has 4 N–H and O–H groups in total. The van der Waals surface area contributed by atoms with E-state index in [2.05, 4.69) is 5.32 Å². The van der Waals surface area contributed by atoms with Crippen LogP contribution in [0.25, 0.3) is 0 Å². The number of amides is 3. The van der Waals surface area contributed by atoms with Gasteiger partial charge in [0.15, 0.2) is 0 Å². The van der Waals surface area contributed by atoms with E-state index in [4.69, 9.17) is 10.8 Å². The highest BCUT2D eigenvalue weighted by Crippen LogP contribution is 2.17. The Bertz CT molecular complexity index is 535. The summed E-state index contributed by atoms with van der Waals surface area (Å²) >= 11 is 0. The van der Waals surface area contributed by atoms with E-state index in [1.54, 1.807) is 0 Å². The van der Waals surface area contributed by atoms with Gasteiger partial charge in [-0.15, -0.1) is 0 Å². The monoisotopic (exact) mass is 283 g/mol. The van der Waals surface area contributed by atoms with Crippen molar-refractivity contribution in [3.63, 3.8) is 0 Å². The second-order valence-electron chi connectivity index (χ2n) is 4.02. The number of nitrogens with one attached hydrogen (secondary N) is 1. The quantitative estimate of drug-likeness (QED) is 0.721. The Morgan fingerprint density at radius 3 is 2.50 bits per heavy atom. The van der Waals surface area contributed by atoms with Crippen LogP contribution in [0.3, 0.4) is 0 Å². The number of halogens is 1. The zero-order valence-corrected chi connectivity index (χ0v) is 10.7. The van der Waals surface area contributed by atoms with Crippen LogP contribution in [0.5, 0.6) is 0 Å². The number of hydrogen-bond donors (Lipinski definition) is 3. The minimum atomic E-state index is -1.46. The molecule has 0 aliphatic heterocycles. The lowest BCUT2D eigenvalue weighted by atomic mass is 10.2. The van der Waals surface area contributed by atoms with Crippen molar-refractivity contribution < 1.29 is 23.9 Å². The Balaban J connectivity index is 2.81. The number of primary amides is 1. The van der Waals surface area contributed by atoms with E-state index in [1.165, 1.54) is 25.2 Å². The van der Waals surface area contributed by atoms with Crippen molar-refractivity contribution in [2.45, 2.75) is 12.5 Å². The molecule has 0 spiro atoms. The van der Waals surface area contributed by atoms with E-state index in [1.807, 2.05) is 0 Å². The number of carbonyl (C=O) groups excluding carboxylic acids is 2. The first kappa shape index (κ1) is 15.4. The molecule has 108 valence electrons. The van der Waals surface area contributed by atoms with Crippen molar-refractivity contribution >= 4 is 23.6 Å². The molecule has 0 radical (unpaired) electrons. The topological polar surface area (TPSA) is 113 Å². The van der Waals surface area contributed by atoms with Crippen LogP contribution in [0.15, 0.2) is 24.3 Å². The predicted molar refractivity (Wildman–Crippen MR) is 68.6 cm³/mol. The molecule has 0 unspecified atom stereocenters. The van der Waals surface area contributed by atoms with Crippen LogP contribution >= 0.6 is 0 Å². The standard InChI is InChI=1S/C12H14FN3O4/c1-16(9-5-3-2-4-7(9)13)12(20)15-8(11(18)19)6-10(14)17/h2-5,8H,6H2,1H3,(H2,14,17)(H,15,20)(H,18,19)/t8-/m1/s1. The number of nitrogens with zero attached hydrogens (tertiary/aromatic N) is 1. The van der Waals surface area contributed by atoms with Gasteiger partial charge in [-0.3, -0.25) is 9.69 Å². The summed E-state index contributed by atoms with van der Waals surface area (Å²) in [4.78, 5) is 34.3. The summed E-state index contributed by atoms with van der Waals surface area (Å²) in [5.74, 6) is -2.91. The highest BCUT2D eigenvalue weighted by Gasteiger charge is 2.24. The number of nitrogens with two attached hydrogens (primary N) is 1. The van der Waals surface area contributed by atoms with Gasteiger partial charge >= 0.3 is 12.0 Å². The molecule has 0 bridgehead atoms. The fourth-order valence-corrected chi connectivity index (χ4v) is 1.48. The molecule has 1 aromatic carbocycles. The maximum absolute atomic E-state index is 13.5.